The minimum atomic E-state index is -0.0721. The molecule has 1 N–H and O–H groups in total. The van der Waals surface area contributed by atoms with Gasteiger partial charge in [0.05, 0.1) is 18.8 Å². The summed E-state index contributed by atoms with van der Waals surface area (Å²) in [6.45, 7) is 6.93. The van der Waals surface area contributed by atoms with E-state index in [9.17, 15) is 9.59 Å². The van der Waals surface area contributed by atoms with Crippen LogP contribution in [-0.4, -0.2) is 49.2 Å². The van der Waals surface area contributed by atoms with Crippen LogP contribution in [-0.2, 0) is 11.3 Å². The van der Waals surface area contributed by atoms with E-state index in [-0.39, 0.29) is 24.0 Å². The number of amides is 3. The second kappa shape index (κ2) is 10.6. The average Bonchev–Trinajstić information content (AvgIpc) is 2.85. The predicted octanol–water partition coefficient (Wildman–Crippen LogP) is 4.21. The van der Waals surface area contributed by atoms with Crippen molar-refractivity contribution in [2.45, 2.75) is 45.8 Å². The Labute approximate surface area is 195 Å². The number of hydrogen-bond acceptors (Lipinski definition) is 4. The largest absolute Gasteiger partial charge is 0.494 e. The summed E-state index contributed by atoms with van der Waals surface area (Å²) in [6.07, 6.45) is 2.26. The second-order valence-corrected chi connectivity index (χ2v) is 8.76. The summed E-state index contributed by atoms with van der Waals surface area (Å²) >= 11 is 0. The zero-order valence-corrected chi connectivity index (χ0v) is 19.5. The molecule has 0 bridgehead atoms. The van der Waals surface area contributed by atoms with Crippen LogP contribution in [0.3, 0.4) is 0 Å². The number of carbonyl (C=O) groups excluding carboxylic acids is 2. The number of nitrogens with one attached hydrogen (secondary N) is 1. The Kier molecular flexibility index (Phi) is 7.37. The van der Waals surface area contributed by atoms with Crippen LogP contribution in [0.5, 0.6) is 11.5 Å². The number of ether oxygens (including phenoxy) is 2. The summed E-state index contributed by atoms with van der Waals surface area (Å²) in [5.74, 6) is 1.57. The van der Waals surface area contributed by atoms with E-state index >= 15 is 0 Å². The summed E-state index contributed by atoms with van der Waals surface area (Å²) in [5, 5.41) is 3.05. The van der Waals surface area contributed by atoms with Crippen LogP contribution in [0.15, 0.2) is 48.5 Å². The number of piperidine rings is 1. The molecule has 2 aromatic carbocycles. The van der Waals surface area contributed by atoms with Gasteiger partial charge in [-0.1, -0.05) is 31.2 Å². The summed E-state index contributed by atoms with van der Waals surface area (Å²) in [4.78, 5) is 29.6. The third-order valence-corrected chi connectivity index (χ3v) is 6.15. The number of fused-ring (bicyclic) bond motifs is 1. The molecule has 0 unspecified atom stereocenters. The quantitative estimate of drug-likeness (QED) is 0.714. The summed E-state index contributed by atoms with van der Waals surface area (Å²) in [7, 11) is 0. The van der Waals surface area contributed by atoms with Crippen molar-refractivity contribution in [2.24, 2.45) is 5.92 Å². The zero-order chi connectivity index (χ0) is 23.2. The van der Waals surface area contributed by atoms with Gasteiger partial charge in [-0.25, -0.2) is 4.79 Å². The normalized spacial score (nSPS) is 18.3. The van der Waals surface area contributed by atoms with E-state index in [0.717, 1.165) is 29.2 Å². The van der Waals surface area contributed by atoms with Crippen LogP contribution >= 0.6 is 0 Å². The van der Waals surface area contributed by atoms with Gasteiger partial charge in [0.15, 0.2) is 0 Å². The van der Waals surface area contributed by atoms with Crippen molar-refractivity contribution in [3.8, 4) is 11.5 Å². The van der Waals surface area contributed by atoms with Gasteiger partial charge in [0.2, 0.25) is 5.91 Å². The van der Waals surface area contributed by atoms with Crippen molar-refractivity contribution in [1.82, 2.24) is 10.2 Å². The summed E-state index contributed by atoms with van der Waals surface area (Å²) in [5.41, 5.74) is 1.85. The number of urea groups is 1. The number of rotatable bonds is 6. The fraction of sp³-hybridized carbons (Fsp3) is 0.462. The van der Waals surface area contributed by atoms with Crippen molar-refractivity contribution >= 4 is 17.6 Å². The molecule has 0 saturated carbocycles. The third kappa shape index (κ3) is 5.59. The van der Waals surface area contributed by atoms with Crippen molar-refractivity contribution < 1.29 is 19.1 Å². The van der Waals surface area contributed by atoms with Gasteiger partial charge in [0.1, 0.15) is 17.6 Å². The second-order valence-electron chi connectivity index (χ2n) is 8.76. The molecule has 7 nitrogen and oxygen atoms in total. The Bertz CT molecular complexity index is 954. The lowest BCUT2D eigenvalue weighted by Gasteiger charge is -2.39. The highest BCUT2D eigenvalue weighted by Crippen LogP contribution is 2.34. The number of anilines is 1. The first kappa shape index (κ1) is 23.0. The number of benzene rings is 2. The molecule has 7 heteroatoms. The van der Waals surface area contributed by atoms with Gasteiger partial charge in [0, 0.05) is 25.6 Å². The van der Waals surface area contributed by atoms with Gasteiger partial charge in [-0.2, -0.15) is 0 Å². The number of nitrogens with zero attached hydrogens (tertiary/aromatic N) is 2. The molecule has 4 rings (SSSR count). The van der Waals surface area contributed by atoms with E-state index in [0.29, 0.717) is 45.6 Å². The predicted molar refractivity (Wildman–Crippen MR) is 128 cm³/mol. The van der Waals surface area contributed by atoms with E-state index in [2.05, 4.69) is 12.2 Å². The lowest BCUT2D eigenvalue weighted by Crippen LogP contribution is -2.52. The molecular formula is C26H33N3O4. The van der Waals surface area contributed by atoms with Gasteiger partial charge >= 0.3 is 6.03 Å². The minimum Gasteiger partial charge on any atom is -0.494 e. The Morgan fingerprint density at radius 1 is 1.09 bits per heavy atom. The Morgan fingerprint density at radius 3 is 2.55 bits per heavy atom. The van der Waals surface area contributed by atoms with E-state index in [1.165, 1.54) is 0 Å². The van der Waals surface area contributed by atoms with Gasteiger partial charge in [-0.15, -0.1) is 0 Å². The van der Waals surface area contributed by atoms with E-state index < -0.39 is 0 Å². The van der Waals surface area contributed by atoms with Crippen molar-refractivity contribution in [1.29, 1.82) is 0 Å². The SMILES string of the molecule is CCCOc1ccc(CNC(=O)C2CCN(C(=O)N3C[C@@H](C)Oc4ccccc43)CC2)cc1. The van der Waals surface area contributed by atoms with Crippen LogP contribution < -0.4 is 19.7 Å². The maximum atomic E-state index is 13.2. The first-order valence-electron chi connectivity index (χ1n) is 11.9. The van der Waals surface area contributed by atoms with Crippen LogP contribution in [0.25, 0.3) is 0 Å². The van der Waals surface area contributed by atoms with Gasteiger partial charge in [0.25, 0.3) is 0 Å². The number of para-hydroxylation sites is 2. The molecule has 0 radical (unpaired) electrons. The lowest BCUT2D eigenvalue weighted by atomic mass is 9.96. The molecule has 2 aliphatic rings. The first-order chi connectivity index (χ1) is 16.0. The Morgan fingerprint density at radius 2 is 1.82 bits per heavy atom. The molecule has 3 amide bonds. The monoisotopic (exact) mass is 451 g/mol. The smallest absolute Gasteiger partial charge is 0.324 e. The topological polar surface area (TPSA) is 71.1 Å². The zero-order valence-electron chi connectivity index (χ0n) is 19.5. The third-order valence-electron chi connectivity index (χ3n) is 6.15. The highest BCUT2D eigenvalue weighted by molar-refractivity contribution is 5.94. The van der Waals surface area contributed by atoms with E-state index in [1.54, 1.807) is 4.90 Å². The van der Waals surface area contributed by atoms with Crippen LogP contribution in [0.1, 0.15) is 38.7 Å². The molecular weight excluding hydrogens is 418 g/mol. The Balaban J connectivity index is 1.26. The highest BCUT2D eigenvalue weighted by atomic mass is 16.5. The van der Waals surface area contributed by atoms with Crippen LogP contribution in [0.2, 0.25) is 0 Å². The molecule has 2 heterocycles. The lowest BCUT2D eigenvalue weighted by molar-refractivity contribution is -0.126. The molecule has 0 aromatic heterocycles. The van der Waals surface area contributed by atoms with E-state index in [4.69, 9.17) is 9.47 Å². The maximum Gasteiger partial charge on any atom is 0.324 e. The molecule has 0 aliphatic carbocycles. The van der Waals surface area contributed by atoms with E-state index in [1.807, 2.05) is 60.4 Å². The summed E-state index contributed by atoms with van der Waals surface area (Å²) in [6, 6.07) is 15.5. The highest BCUT2D eigenvalue weighted by Gasteiger charge is 2.33. The molecule has 1 fully saturated rings. The van der Waals surface area contributed by atoms with Gasteiger partial charge in [-0.3, -0.25) is 9.69 Å². The fourth-order valence-electron chi connectivity index (χ4n) is 4.33. The van der Waals surface area contributed by atoms with Crippen molar-refractivity contribution in [3.05, 3.63) is 54.1 Å². The maximum absolute atomic E-state index is 13.2. The Hall–Kier alpha value is -3.22. The molecule has 176 valence electrons. The molecule has 0 spiro atoms. The minimum absolute atomic E-state index is 0.0122. The van der Waals surface area contributed by atoms with Gasteiger partial charge < -0.3 is 19.7 Å². The van der Waals surface area contributed by atoms with Crippen molar-refractivity contribution in [2.75, 3.05) is 31.1 Å². The molecule has 33 heavy (non-hydrogen) atoms. The standard InChI is InChI=1S/C26H33N3O4/c1-3-16-32-22-10-8-20(9-11-22)17-27-25(30)21-12-14-28(15-13-21)26(31)29-18-19(2)33-24-7-5-4-6-23(24)29/h4-11,19,21H,3,12-18H2,1-2H3,(H,27,30)/t19-/m1/s1. The molecule has 2 aliphatic heterocycles. The number of likely N-dealkylation sites (tertiary alicyclic amines) is 1. The van der Waals surface area contributed by atoms with Crippen LogP contribution in [0.4, 0.5) is 10.5 Å². The molecule has 2 aromatic rings. The van der Waals surface area contributed by atoms with Gasteiger partial charge in [-0.05, 0) is 56.0 Å². The number of hydrogen-bond donors (Lipinski definition) is 1. The number of carbonyl (C=O) groups is 2. The first-order valence-corrected chi connectivity index (χ1v) is 11.9. The molecule has 1 saturated heterocycles. The average molecular weight is 452 g/mol. The summed E-state index contributed by atoms with van der Waals surface area (Å²) < 4.78 is 11.5. The van der Waals surface area contributed by atoms with Crippen LogP contribution in [0, 0.1) is 5.92 Å². The molecule has 1 atom stereocenters. The fourth-order valence-corrected chi connectivity index (χ4v) is 4.33. The van der Waals surface area contributed by atoms with Crippen molar-refractivity contribution in [3.63, 3.8) is 0 Å².